The number of unbranched alkanes of at least 4 members (excludes halogenated alkanes) is 9. The van der Waals surface area contributed by atoms with Crippen molar-refractivity contribution in [1.82, 2.24) is 0 Å². The Morgan fingerprint density at radius 1 is 0.659 bits per heavy atom. The summed E-state index contributed by atoms with van der Waals surface area (Å²) in [5.41, 5.74) is 2.27. The Morgan fingerprint density at radius 3 is 1.86 bits per heavy atom. The first kappa shape index (κ1) is 31.1. The molecule has 0 unspecified atom stereocenters. The fraction of sp³-hybridized carbons (Fsp3) is 0.333. The van der Waals surface area contributed by atoms with Crippen LogP contribution in [0.4, 0.5) is 0 Å². The lowest BCUT2D eigenvalue weighted by Gasteiger charge is -2.27. The Balaban J connectivity index is 1.28. The van der Waals surface area contributed by atoms with Gasteiger partial charge in [-0.3, -0.25) is 9.59 Å². The number of rotatable bonds is 16. The molecule has 1 aliphatic heterocycles. The van der Waals surface area contributed by atoms with Crippen molar-refractivity contribution in [2.45, 2.75) is 77.0 Å². The zero-order valence-corrected chi connectivity index (χ0v) is 25.6. The molecule has 5 rings (SSSR count). The summed E-state index contributed by atoms with van der Waals surface area (Å²) in [6.07, 6.45) is 12.5. The molecule has 0 fully saturated rings. The summed E-state index contributed by atoms with van der Waals surface area (Å²) in [4.78, 5) is 27.5. The molecule has 5 heteroatoms. The molecule has 0 saturated heterocycles. The van der Waals surface area contributed by atoms with Crippen LogP contribution in [0.1, 0.15) is 104 Å². The van der Waals surface area contributed by atoms with Crippen molar-refractivity contribution in [1.29, 1.82) is 0 Å². The van der Waals surface area contributed by atoms with Gasteiger partial charge in [0, 0.05) is 22.8 Å². The molecule has 0 aromatic heterocycles. The summed E-state index contributed by atoms with van der Waals surface area (Å²) in [6, 6.07) is 29.1. The monoisotopic (exact) mass is 590 g/mol. The molecular weight excluding hydrogens is 548 g/mol. The van der Waals surface area contributed by atoms with Crippen LogP contribution in [0.5, 0.6) is 23.0 Å². The maximum absolute atomic E-state index is 13.9. The van der Waals surface area contributed by atoms with E-state index in [4.69, 9.17) is 14.2 Å². The van der Waals surface area contributed by atoms with Crippen LogP contribution in [0.15, 0.2) is 97.1 Å². The average Bonchev–Trinajstić information content (AvgIpc) is 3.06. The molecule has 4 aromatic rings. The summed E-state index contributed by atoms with van der Waals surface area (Å²) >= 11 is 0. The van der Waals surface area contributed by atoms with Gasteiger partial charge in [-0.15, -0.1) is 0 Å². The topological polar surface area (TPSA) is 61.8 Å². The van der Waals surface area contributed by atoms with Crippen molar-refractivity contribution in [2.75, 3.05) is 6.61 Å². The van der Waals surface area contributed by atoms with E-state index in [-0.39, 0.29) is 11.5 Å². The van der Waals surface area contributed by atoms with Crippen LogP contribution < -0.4 is 14.2 Å². The summed E-state index contributed by atoms with van der Waals surface area (Å²) in [6.45, 7) is 2.82. The van der Waals surface area contributed by atoms with Gasteiger partial charge in [-0.05, 0) is 30.7 Å². The number of fused-ring (bicyclic) bond motifs is 2. The van der Waals surface area contributed by atoms with E-state index in [9.17, 15) is 9.59 Å². The van der Waals surface area contributed by atoms with Gasteiger partial charge in [0.1, 0.15) is 28.9 Å². The van der Waals surface area contributed by atoms with Crippen LogP contribution in [-0.4, -0.2) is 18.4 Å². The van der Waals surface area contributed by atoms with Gasteiger partial charge in [-0.1, -0.05) is 131 Å². The number of ketones is 1. The van der Waals surface area contributed by atoms with Gasteiger partial charge in [0.15, 0.2) is 5.78 Å². The minimum absolute atomic E-state index is 0.186. The van der Waals surface area contributed by atoms with Gasteiger partial charge in [0.25, 0.3) is 0 Å². The second-order valence-electron chi connectivity index (χ2n) is 11.4. The van der Waals surface area contributed by atoms with Gasteiger partial charge in [-0.25, -0.2) is 0 Å². The molecule has 1 aliphatic rings. The zero-order valence-electron chi connectivity index (χ0n) is 25.6. The van der Waals surface area contributed by atoms with Gasteiger partial charge in [0.2, 0.25) is 0 Å². The number of ether oxygens (including phenoxy) is 3. The van der Waals surface area contributed by atoms with Gasteiger partial charge >= 0.3 is 5.97 Å². The third kappa shape index (κ3) is 7.96. The highest BCUT2D eigenvalue weighted by Crippen LogP contribution is 2.44. The molecule has 0 amide bonds. The molecular formula is C39H42O5. The first-order valence-corrected chi connectivity index (χ1v) is 16.1. The lowest BCUT2D eigenvalue weighted by Crippen LogP contribution is -2.24. The summed E-state index contributed by atoms with van der Waals surface area (Å²) in [5.74, 6) is 0.577. The SMILES string of the molecule is CCCCCCCCCCCCOc1ccc(C(=O)c2ccccc2)c(OC(=O)C2c3ccccc3Oc3ccccc32)c1. The number of esters is 1. The maximum Gasteiger partial charge on any atom is 0.323 e. The fourth-order valence-corrected chi connectivity index (χ4v) is 5.72. The maximum atomic E-state index is 13.9. The van der Waals surface area contributed by atoms with Crippen LogP contribution in [0.25, 0.3) is 0 Å². The molecule has 0 atom stereocenters. The summed E-state index contributed by atoms with van der Waals surface area (Å²) in [5, 5.41) is 0. The van der Waals surface area contributed by atoms with Crippen molar-refractivity contribution < 1.29 is 23.8 Å². The third-order valence-corrected chi connectivity index (χ3v) is 8.13. The molecule has 228 valence electrons. The first-order chi connectivity index (χ1) is 21.7. The van der Waals surface area contributed by atoms with Crippen LogP contribution in [0.3, 0.4) is 0 Å². The van der Waals surface area contributed by atoms with E-state index in [2.05, 4.69) is 6.92 Å². The normalized spacial score (nSPS) is 12.1. The summed E-state index contributed by atoms with van der Waals surface area (Å²) in [7, 11) is 0. The largest absolute Gasteiger partial charge is 0.493 e. The first-order valence-electron chi connectivity index (χ1n) is 16.1. The Bertz CT molecular complexity index is 1480. The zero-order chi connectivity index (χ0) is 30.6. The number of carbonyl (C=O) groups excluding carboxylic acids is 2. The highest BCUT2D eigenvalue weighted by Gasteiger charge is 2.34. The second kappa shape index (κ2) is 15.9. The van der Waals surface area contributed by atoms with E-state index in [1.165, 1.54) is 51.4 Å². The van der Waals surface area contributed by atoms with E-state index in [0.29, 0.717) is 35.0 Å². The quantitative estimate of drug-likeness (QED) is 0.0562. The van der Waals surface area contributed by atoms with Crippen LogP contribution in [0.2, 0.25) is 0 Å². The van der Waals surface area contributed by atoms with Crippen molar-refractivity contribution in [3.05, 3.63) is 119 Å². The molecule has 0 radical (unpaired) electrons. The Labute approximate surface area is 261 Å². The Morgan fingerprint density at radius 2 is 1.23 bits per heavy atom. The minimum atomic E-state index is -0.702. The van der Waals surface area contributed by atoms with Crippen molar-refractivity contribution >= 4 is 11.8 Å². The molecule has 0 N–H and O–H groups in total. The van der Waals surface area contributed by atoms with E-state index >= 15 is 0 Å². The number of carbonyl (C=O) groups is 2. The van der Waals surface area contributed by atoms with E-state index in [0.717, 1.165) is 24.0 Å². The standard InChI is InChI=1S/C39H42O5/c1-2-3-4-5-6-7-8-9-10-18-27-42-30-25-26-33(38(40)29-19-12-11-13-20-29)36(28-30)44-39(41)37-31-21-14-16-23-34(31)43-35-24-17-15-22-32(35)37/h11-17,19-26,28,37H,2-10,18,27H2,1H3. The van der Waals surface area contributed by atoms with Crippen molar-refractivity contribution in [3.63, 3.8) is 0 Å². The highest BCUT2D eigenvalue weighted by molar-refractivity contribution is 6.11. The Hall–Kier alpha value is -4.38. The Kier molecular flexibility index (Phi) is 11.2. The minimum Gasteiger partial charge on any atom is -0.493 e. The van der Waals surface area contributed by atoms with E-state index < -0.39 is 11.9 Å². The summed E-state index contributed by atoms with van der Waals surface area (Å²) < 4.78 is 18.2. The molecule has 0 spiro atoms. The molecule has 0 bridgehead atoms. The second-order valence-corrected chi connectivity index (χ2v) is 11.4. The molecule has 4 aromatic carbocycles. The molecule has 44 heavy (non-hydrogen) atoms. The van der Waals surface area contributed by atoms with Crippen molar-refractivity contribution in [2.24, 2.45) is 0 Å². The van der Waals surface area contributed by atoms with Gasteiger partial charge in [-0.2, -0.15) is 0 Å². The van der Waals surface area contributed by atoms with Crippen molar-refractivity contribution in [3.8, 4) is 23.0 Å². The molecule has 5 nitrogen and oxygen atoms in total. The number of hydrogen-bond acceptors (Lipinski definition) is 5. The smallest absolute Gasteiger partial charge is 0.323 e. The number of benzene rings is 4. The lowest BCUT2D eigenvalue weighted by atomic mass is 9.88. The number of hydrogen-bond donors (Lipinski definition) is 0. The molecule has 0 saturated carbocycles. The number of para-hydroxylation sites is 2. The molecule has 1 heterocycles. The predicted octanol–water partition coefficient (Wildman–Crippen LogP) is 10.1. The lowest BCUT2D eigenvalue weighted by molar-refractivity contribution is -0.135. The van der Waals surface area contributed by atoms with Crippen LogP contribution in [0, 0.1) is 0 Å². The van der Waals surface area contributed by atoms with Crippen LogP contribution in [-0.2, 0) is 4.79 Å². The highest BCUT2D eigenvalue weighted by atomic mass is 16.5. The fourth-order valence-electron chi connectivity index (χ4n) is 5.72. The van der Waals surface area contributed by atoms with Gasteiger partial charge < -0.3 is 14.2 Å². The van der Waals surface area contributed by atoms with E-state index in [1.807, 2.05) is 66.7 Å². The van der Waals surface area contributed by atoms with E-state index in [1.54, 1.807) is 30.3 Å². The average molecular weight is 591 g/mol. The van der Waals surface area contributed by atoms with Gasteiger partial charge in [0.05, 0.1) is 12.2 Å². The van der Waals surface area contributed by atoms with Crippen LogP contribution >= 0.6 is 0 Å². The predicted molar refractivity (Wildman–Crippen MR) is 174 cm³/mol. The third-order valence-electron chi connectivity index (χ3n) is 8.13. The molecule has 0 aliphatic carbocycles.